The van der Waals surface area contributed by atoms with Crippen LogP contribution in [0.25, 0.3) is 10.4 Å². The number of carbonyl (C=O) groups is 1. The standard InChI is InChI=1S/C18H21NO4S/c1-11-4-5-16(24-11)13-8-14-10-19(12(2)18(21)22-3)6-7-23-17(14)15(20)9-13/h4-5,8-9,12,20H,6-7,10H2,1-3H3/t12-/m1/s1. The van der Waals surface area contributed by atoms with Crippen molar-refractivity contribution in [3.05, 3.63) is 34.7 Å². The molecule has 0 amide bonds. The zero-order valence-electron chi connectivity index (χ0n) is 14.0. The number of hydrogen-bond donors (Lipinski definition) is 1. The maximum atomic E-state index is 11.8. The van der Waals surface area contributed by atoms with Crippen LogP contribution in [-0.2, 0) is 16.1 Å². The van der Waals surface area contributed by atoms with Crippen LogP contribution in [-0.4, -0.2) is 42.3 Å². The number of hydrogen-bond acceptors (Lipinski definition) is 6. The maximum absolute atomic E-state index is 11.8. The second-order valence-corrected chi connectivity index (χ2v) is 7.20. The quantitative estimate of drug-likeness (QED) is 0.864. The van der Waals surface area contributed by atoms with Gasteiger partial charge in [-0.1, -0.05) is 0 Å². The first-order valence-electron chi connectivity index (χ1n) is 7.87. The molecule has 1 atom stereocenters. The van der Waals surface area contributed by atoms with E-state index in [0.29, 0.717) is 25.4 Å². The normalized spacial score (nSPS) is 16.0. The predicted octanol–water partition coefficient (Wildman–Crippen LogP) is 3.19. The molecule has 24 heavy (non-hydrogen) atoms. The monoisotopic (exact) mass is 347 g/mol. The molecule has 0 saturated heterocycles. The van der Waals surface area contributed by atoms with Crippen molar-refractivity contribution >= 4 is 17.3 Å². The van der Waals surface area contributed by atoms with Crippen LogP contribution in [0, 0.1) is 6.92 Å². The van der Waals surface area contributed by atoms with Gasteiger partial charge in [-0.05, 0) is 43.7 Å². The predicted molar refractivity (Wildman–Crippen MR) is 93.5 cm³/mol. The summed E-state index contributed by atoms with van der Waals surface area (Å²) in [7, 11) is 1.39. The molecule has 128 valence electrons. The van der Waals surface area contributed by atoms with Crippen molar-refractivity contribution in [2.45, 2.75) is 26.4 Å². The van der Waals surface area contributed by atoms with Crippen LogP contribution in [0.1, 0.15) is 17.4 Å². The summed E-state index contributed by atoms with van der Waals surface area (Å²) in [5.74, 6) is 0.375. The summed E-state index contributed by atoms with van der Waals surface area (Å²) in [6, 6.07) is 7.52. The van der Waals surface area contributed by atoms with Gasteiger partial charge in [-0.3, -0.25) is 9.69 Å². The van der Waals surface area contributed by atoms with Crippen molar-refractivity contribution in [3.63, 3.8) is 0 Å². The number of esters is 1. The molecular weight excluding hydrogens is 326 g/mol. The Morgan fingerprint density at radius 1 is 1.42 bits per heavy atom. The molecule has 0 radical (unpaired) electrons. The average Bonchev–Trinajstić information content (AvgIpc) is 2.88. The van der Waals surface area contributed by atoms with E-state index in [1.165, 1.54) is 12.0 Å². The number of benzene rings is 1. The van der Waals surface area contributed by atoms with E-state index < -0.39 is 0 Å². The number of nitrogens with zero attached hydrogens (tertiary/aromatic N) is 1. The number of methoxy groups -OCH3 is 1. The van der Waals surface area contributed by atoms with E-state index in [-0.39, 0.29) is 17.8 Å². The third-order valence-electron chi connectivity index (χ3n) is 4.26. The average molecular weight is 347 g/mol. The van der Waals surface area contributed by atoms with Crippen LogP contribution in [0.2, 0.25) is 0 Å². The summed E-state index contributed by atoms with van der Waals surface area (Å²) < 4.78 is 10.6. The third-order valence-corrected chi connectivity index (χ3v) is 5.31. The minimum absolute atomic E-state index is 0.140. The van der Waals surface area contributed by atoms with Crippen molar-refractivity contribution in [2.24, 2.45) is 0 Å². The topological polar surface area (TPSA) is 59.0 Å². The molecule has 1 aromatic heterocycles. The van der Waals surface area contributed by atoms with Gasteiger partial charge in [-0.25, -0.2) is 0 Å². The van der Waals surface area contributed by atoms with E-state index in [1.807, 2.05) is 24.0 Å². The minimum Gasteiger partial charge on any atom is -0.504 e. The van der Waals surface area contributed by atoms with Crippen molar-refractivity contribution in [1.29, 1.82) is 0 Å². The molecule has 0 unspecified atom stereocenters. The van der Waals surface area contributed by atoms with Crippen LogP contribution in [0.15, 0.2) is 24.3 Å². The maximum Gasteiger partial charge on any atom is 0.322 e. The van der Waals surface area contributed by atoms with Crippen LogP contribution in [0.5, 0.6) is 11.5 Å². The second kappa shape index (κ2) is 6.83. The number of fused-ring (bicyclic) bond motifs is 1. The summed E-state index contributed by atoms with van der Waals surface area (Å²) in [5.41, 5.74) is 1.84. The Morgan fingerprint density at radius 2 is 2.21 bits per heavy atom. The summed E-state index contributed by atoms with van der Waals surface area (Å²) in [6.45, 7) is 5.41. The van der Waals surface area contributed by atoms with E-state index in [9.17, 15) is 9.90 Å². The lowest BCUT2D eigenvalue weighted by Gasteiger charge is -2.24. The van der Waals surface area contributed by atoms with Crippen molar-refractivity contribution in [3.8, 4) is 21.9 Å². The Balaban J connectivity index is 1.95. The molecule has 3 rings (SSSR count). The van der Waals surface area contributed by atoms with Gasteiger partial charge in [0.05, 0.1) is 7.11 Å². The smallest absolute Gasteiger partial charge is 0.322 e. The molecule has 0 saturated carbocycles. The van der Waals surface area contributed by atoms with Crippen molar-refractivity contribution in [1.82, 2.24) is 4.90 Å². The highest BCUT2D eigenvalue weighted by molar-refractivity contribution is 7.15. The van der Waals surface area contributed by atoms with Crippen LogP contribution in [0.3, 0.4) is 0 Å². The second-order valence-electron chi connectivity index (χ2n) is 5.91. The molecule has 2 aromatic rings. The molecule has 0 bridgehead atoms. The lowest BCUT2D eigenvalue weighted by atomic mass is 10.1. The van der Waals surface area contributed by atoms with Gasteiger partial charge in [0.25, 0.3) is 0 Å². The Hall–Kier alpha value is -2.05. The molecule has 1 aliphatic heterocycles. The van der Waals surface area contributed by atoms with E-state index >= 15 is 0 Å². The minimum atomic E-state index is -0.362. The molecule has 1 aromatic carbocycles. The van der Waals surface area contributed by atoms with Gasteiger partial charge in [0.2, 0.25) is 0 Å². The van der Waals surface area contributed by atoms with Gasteiger partial charge < -0.3 is 14.6 Å². The highest BCUT2D eigenvalue weighted by Crippen LogP contribution is 2.39. The first-order valence-corrected chi connectivity index (χ1v) is 8.68. The fourth-order valence-corrected chi connectivity index (χ4v) is 3.76. The van der Waals surface area contributed by atoms with Gasteiger partial charge in [0.15, 0.2) is 11.5 Å². The number of phenols is 1. The number of aromatic hydroxyl groups is 1. The Labute approximate surface area is 145 Å². The third kappa shape index (κ3) is 3.25. The zero-order chi connectivity index (χ0) is 17.3. The van der Waals surface area contributed by atoms with Crippen LogP contribution >= 0.6 is 11.3 Å². The van der Waals surface area contributed by atoms with E-state index in [0.717, 1.165) is 16.0 Å². The summed E-state index contributed by atoms with van der Waals surface area (Å²) in [6.07, 6.45) is 0. The molecule has 6 heteroatoms. The molecule has 2 heterocycles. The van der Waals surface area contributed by atoms with Gasteiger partial charge in [0, 0.05) is 28.4 Å². The van der Waals surface area contributed by atoms with Crippen molar-refractivity contribution < 1.29 is 19.4 Å². The molecule has 0 aliphatic carbocycles. The van der Waals surface area contributed by atoms with E-state index in [2.05, 4.69) is 13.0 Å². The number of phenolic OH excluding ortho intramolecular Hbond substituents is 1. The fourth-order valence-electron chi connectivity index (χ4n) is 2.90. The largest absolute Gasteiger partial charge is 0.504 e. The molecular formula is C18H21NO4S. The number of carbonyl (C=O) groups excluding carboxylic acids is 1. The van der Waals surface area contributed by atoms with Crippen LogP contribution in [0.4, 0.5) is 0 Å². The summed E-state index contributed by atoms with van der Waals surface area (Å²) >= 11 is 1.68. The summed E-state index contributed by atoms with van der Waals surface area (Å²) in [4.78, 5) is 16.2. The Morgan fingerprint density at radius 3 is 2.88 bits per heavy atom. The lowest BCUT2D eigenvalue weighted by Crippen LogP contribution is -2.40. The summed E-state index contributed by atoms with van der Waals surface area (Å²) in [5, 5.41) is 10.4. The molecule has 0 spiro atoms. The SMILES string of the molecule is COC(=O)[C@@H](C)N1CCOc2c(O)cc(-c3ccc(C)s3)cc2C1. The number of aryl methyl sites for hydroxylation is 1. The van der Waals surface area contributed by atoms with Crippen molar-refractivity contribution in [2.75, 3.05) is 20.3 Å². The number of rotatable bonds is 3. The van der Waals surface area contributed by atoms with Gasteiger partial charge in [0.1, 0.15) is 12.6 Å². The molecule has 1 N–H and O–H groups in total. The van der Waals surface area contributed by atoms with E-state index in [1.54, 1.807) is 17.4 Å². The highest BCUT2D eigenvalue weighted by Gasteiger charge is 2.27. The first kappa shape index (κ1) is 16.8. The van der Waals surface area contributed by atoms with Crippen LogP contribution < -0.4 is 4.74 Å². The molecule has 1 aliphatic rings. The first-order chi connectivity index (χ1) is 11.5. The van der Waals surface area contributed by atoms with Gasteiger partial charge in [-0.2, -0.15) is 0 Å². The molecule has 0 fully saturated rings. The number of thiophene rings is 1. The van der Waals surface area contributed by atoms with Gasteiger partial charge in [-0.15, -0.1) is 11.3 Å². The zero-order valence-corrected chi connectivity index (χ0v) is 14.9. The van der Waals surface area contributed by atoms with E-state index in [4.69, 9.17) is 9.47 Å². The Kier molecular flexibility index (Phi) is 4.78. The fraction of sp³-hybridized carbons (Fsp3) is 0.389. The highest BCUT2D eigenvalue weighted by atomic mass is 32.1. The lowest BCUT2D eigenvalue weighted by molar-refractivity contribution is -0.146. The Bertz CT molecular complexity index is 755. The molecule has 5 nitrogen and oxygen atoms in total. The van der Waals surface area contributed by atoms with Gasteiger partial charge >= 0.3 is 5.97 Å². The number of ether oxygens (including phenoxy) is 2.